The number of hydrogen-bond donors (Lipinski definition) is 1. The van der Waals surface area contributed by atoms with Crippen molar-refractivity contribution in [3.05, 3.63) is 33.8 Å². The van der Waals surface area contributed by atoms with E-state index in [1.54, 1.807) is 6.07 Å². The van der Waals surface area contributed by atoms with Gasteiger partial charge in [0.1, 0.15) is 0 Å². The van der Waals surface area contributed by atoms with E-state index in [2.05, 4.69) is 4.90 Å². The standard InChI is InChI=1S/C13H15Cl2NO2/c14-11-4-3-9(6-12(11)15)8-16-5-1-2-10(16)7-13(17)18/h3-4,6,10H,1-2,5,7-8H2,(H,17,18). The van der Waals surface area contributed by atoms with E-state index in [0.29, 0.717) is 10.0 Å². The van der Waals surface area contributed by atoms with Crippen LogP contribution in [0.2, 0.25) is 10.0 Å². The Bertz CT molecular complexity index is 451. The van der Waals surface area contributed by atoms with Crippen molar-refractivity contribution in [1.29, 1.82) is 0 Å². The van der Waals surface area contributed by atoms with Crippen LogP contribution in [0.5, 0.6) is 0 Å². The third-order valence-electron chi connectivity index (χ3n) is 3.28. The Kier molecular flexibility index (Phi) is 4.49. The summed E-state index contributed by atoms with van der Waals surface area (Å²) < 4.78 is 0. The maximum Gasteiger partial charge on any atom is 0.304 e. The lowest BCUT2D eigenvalue weighted by molar-refractivity contribution is -0.138. The summed E-state index contributed by atoms with van der Waals surface area (Å²) in [6.07, 6.45) is 2.22. The first-order valence-electron chi connectivity index (χ1n) is 5.96. The Morgan fingerprint density at radius 2 is 2.17 bits per heavy atom. The Hall–Kier alpha value is -0.770. The number of carboxylic acids is 1. The molecule has 0 saturated carbocycles. The van der Waals surface area contributed by atoms with Crippen LogP contribution in [-0.2, 0) is 11.3 Å². The lowest BCUT2D eigenvalue weighted by Crippen LogP contribution is -2.30. The first-order chi connectivity index (χ1) is 8.56. The van der Waals surface area contributed by atoms with Crippen molar-refractivity contribution in [2.24, 2.45) is 0 Å². The van der Waals surface area contributed by atoms with Gasteiger partial charge in [-0.15, -0.1) is 0 Å². The van der Waals surface area contributed by atoms with Gasteiger partial charge in [0.05, 0.1) is 16.5 Å². The molecule has 3 nitrogen and oxygen atoms in total. The van der Waals surface area contributed by atoms with E-state index < -0.39 is 5.97 Å². The van der Waals surface area contributed by atoms with Crippen molar-refractivity contribution in [3.63, 3.8) is 0 Å². The molecule has 0 aliphatic carbocycles. The Morgan fingerprint density at radius 1 is 1.39 bits per heavy atom. The maximum absolute atomic E-state index is 10.8. The van der Waals surface area contributed by atoms with E-state index >= 15 is 0 Å². The van der Waals surface area contributed by atoms with Crippen molar-refractivity contribution < 1.29 is 9.90 Å². The first-order valence-corrected chi connectivity index (χ1v) is 6.71. The molecule has 1 N–H and O–H groups in total. The van der Waals surface area contributed by atoms with Crippen LogP contribution in [0.25, 0.3) is 0 Å². The summed E-state index contributed by atoms with van der Waals surface area (Å²) >= 11 is 11.8. The highest BCUT2D eigenvalue weighted by Gasteiger charge is 2.26. The summed E-state index contributed by atoms with van der Waals surface area (Å²) in [5, 5.41) is 9.96. The lowest BCUT2D eigenvalue weighted by Gasteiger charge is -2.23. The van der Waals surface area contributed by atoms with E-state index in [1.165, 1.54) is 0 Å². The second kappa shape index (κ2) is 5.91. The Labute approximate surface area is 116 Å². The zero-order valence-electron chi connectivity index (χ0n) is 9.90. The summed E-state index contributed by atoms with van der Waals surface area (Å²) in [4.78, 5) is 13.0. The topological polar surface area (TPSA) is 40.5 Å². The SMILES string of the molecule is O=C(O)CC1CCCN1Cc1ccc(Cl)c(Cl)c1. The van der Waals surface area contributed by atoms with Gasteiger partial charge in [0, 0.05) is 12.6 Å². The number of hydrogen-bond acceptors (Lipinski definition) is 2. The molecular weight excluding hydrogens is 273 g/mol. The molecule has 1 unspecified atom stereocenters. The number of benzene rings is 1. The van der Waals surface area contributed by atoms with E-state index in [0.717, 1.165) is 31.5 Å². The van der Waals surface area contributed by atoms with Crippen LogP contribution in [-0.4, -0.2) is 28.6 Å². The molecule has 1 heterocycles. The average molecular weight is 288 g/mol. The van der Waals surface area contributed by atoms with Gasteiger partial charge in [0.15, 0.2) is 0 Å². The number of carbonyl (C=O) groups is 1. The number of rotatable bonds is 4. The van der Waals surface area contributed by atoms with E-state index in [4.69, 9.17) is 28.3 Å². The highest BCUT2D eigenvalue weighted by Crippen LogP contribution is 2.26. The number of nitrogens with zero attached hydrogens (tertiary/aromatic N) is 1. The van der Waals surface area contributed by atoms with E-state index in [9.17, 15) is 4.79 Å². The molecule has 1 aliphatic rings. The Balaban J connectivity index is 2.03. The van der Waals surface area contributed by atoms with Gasteiger partial charge in [0.2, 0.25) is 0 Å². The molecule has 1 fully saturated rings. The zero-order chi connectivity index (χ0) is 13.1. The first kappa shape index (κ1) is 13.7. The number of likely N-dealkylation sites (tertiary alicyclic amines) is 1. The number of carboxylic acid groups (broad SMARTS) is 1. The quantitative estimate of drug-likeness (QED) is 0.922. The van der Waals surface area contributed by atoms with Crippen LogP contribution < -0.4 is 0 Å². The molecule has 5 heteroatoms. The summed E-state index contributed by atoms with van der Waals surface area (Å²) in [6.45, 7) is 1.67. The second-order valence-electron chi connectivity index (χ2n) is 4.61. The molecule has 18 heavy (non-hydrogen) atoms. The smallest absolute Gasteiger partial charge is 0.304 e. The summed E-state index contributed by atoms with van der Waals surface area (Å²) in [5.41, 5.74) is 1.07. The van der Waals surface area contributed by atoms with E-state index in [-0.39, 0.29) is 12.5 Å². The molecule has 0 aromatic heterocycles. The van der Waals surface area contributed by atoms with Gasteiger partial charge in [0.25, 0.3) is 0 Å². The molecule has 2 rings (SSSR count). The van der Waals surface area contributed by atoms with Gasteiger partial charge in [-0.25, -0.2) is 0 Å². The molecule has 0 spiro atoms. The minimum Gasteiger partial charge on any atom is -0.481 e. The molecule has 1 saturated heterocycles. The predicted octanol–water partition coefficient (Wildman–Crippen LogP) is 3.43. The van der Waals surface area contributed by atoms with Crippen molar-refractivity contribution in [2.45, 2.75) is 31.8 Å². The van der Waals surface area contributed by atoms with Crippen molar-refractivity contribution in [3.8, 4) is 0 Å². The van der Waals surface area contributed by atoms with Gasteiger partial charge in [-0.2, -0.15) is 0 Å². The summed E-state index contributed by atoms with van der Waals surface area (Å²) in [6, 6.07) is 5.70. The molecule has 0 bridgehead atoms. The van der Waals surface area contributed by atoms with Crippen LogP contribution in [0.1, 0.15) is 24.8 Å². The fraction of sp³-hybridized carbons (Fsp3) is 0.462. The molecular formula is C13H15Cl2NO2. The van der Waals surface area contributed by atoms with Gasteiger partial charge in [-0.3, -0.25) is 9.69 Å². The molecule has 1 aromatic rings. The van der Waals surface area contributed by atoms with Crippen LogP contribution in [0.15, 0.2) is 18.2 Å². The van der Waals surface area contributed by atoms with Crippen LogP contribution in [0.4, 0.5) is 0 Å². The van der Waals surface area contributed by atoms with Gasteiger partial charge in [-0.1, -0.05) is 29.3 Å². The fourth-order valence-electron chi connectivity index (χ4n) is 2.41. The highest BCUT2D eigenvalue weighted by atomic mass is 35.5. The molecule has 98 valence electrons. The summed E-state index contributed by atoms with van der Waals surface area (Å²) in [5.74, 6) is -0.735. The normalized spacial score (nSPS) is 20.2. The van der Waals surface area contributed by atoms with Crippen LogP contribution >= 0.6 is 23.2 Å². The van der Waals surface area contributed by atoms with Crippen molar-refractivity contribution in [2.75, 3.05) is 6.54 Å². The van der Waals surface area contributed by atoms with Crippen molar-refractivity contribution >= 4 is 29.2 Å². The average Bonchev–Trinajstić information content (AvgIpc) is 2.70. The minimum atomic E-state index is -0.735. The highest BCUT2D eigenvalue weighted by molar-refractivity contribution is 6.42. The Morgan fingerprint density at radius 3 is 2.83 bits per heavy atom. The number of aliphatic carboxylic acids is 1. The minimum absolute atomic E-state index is 0.136. The third kappa shape index (κ3) is 3.37. The second-order valence-corrected chi connectivity index (χ2v) is 5.43. The van der Waals surface area contributed by atoms with Crippen molar-refractivity contribution in [1.82, 2.24) is 4.90 Å². The van der Waals surface area contributed by atoms with Gasteiger partial charge >= 0.3 is 5.97 Å². The molecule has 1 aliphatic heterocycles. The third-order valence-corrected chi connectivity index (χ3v) is 4.02. The molecule has 1 aromatic carbocycles. The number of halogens is 2. The van der Waals surface area contributed by atoms with E-state index in [1.807, 2.05) is 12.1 Å². The zero-order valence-corrected chi connectivity index (χ0v) is 11.4. The van der Waals surface area contributed by atoms with Crippen LogP contribution in [0.3, 0.4) is 0 Å². The van der Waals surface area contributed by atoms with Gasteiger partial charge < -0.3 is 5.11 Å². The lowest BCUT2D eigenvalue weighted by atomic mass is 10.1. The monoisotopic (exact) mass is 287 g/mol. The molecule has 0 amide bonds. The van der Waals surface area contributed by atoms with Gasteiger partial charge in [-0.05, 0) is 37.1 Å². The van der Waals surface area contributed by atoms with Crippen LogP contribution in [0, 0.1) is 0 Å². The summed E-state index contributed by atoms with van der Waals surface area (Å²) in [7, 11) is 0. The molecule has 1 atom stereocenters. The predicted molar refractivity (Wildman–Crippen MR) is 72.1 cm³/mol. The fourth-order valence-corrected chi connectivity index (χ4v) is 2.73. The molecule has 0 radical (unpaired) electrons. The maximum atomic E-state index is 10.8. The largest absolute Gasteiger partial charge is 0.481 e.